The first-order chi connectivity index (χ1) is 9.99. The molecule has 2 aromatic carbocycles. The number of benzene rings is 2. The Hall–Kier alpha value is -1.72. The molecule has 0 aliphatic heterocycles. The minimum atomic E-state index is -0.549. The fourth-order valence-corrected chi connectivity index (χ4v) is 3.54. The summed E-state index contributed by atoms with van der Waals surface area (Å²) in [4.78, 5) is 24.1. The Morgan fingerprint density at radius 1 is 0.952 bits per heavy atom. The van der Waals surface area contributed by atoms with Crippen LogP contribution >= 0.6 is 31.9 Å². The first kappa shape index (κ1) is 14.2. The maximum Gasteiger partial charge on any atom is 0.234 e. The summed E-state index contributed by atoms with van der Waals surface area (Å²) < 4.78 is 1.26. The van der Waals surface area contributed by atoms with Gasteiger partial charge in [-0.15, -0.1) is 0 Å². The predicted octanol–water partition coefficient (Wildman–Crippen LogP) is 4.22. The molecule has 2 aromatic rings. The van der Waals surface area contributed by atoms with Crippen molar-refractivity contribution in [3.8, 4) is 5.75 Å². The van der Waals surface area contributed by atoms with E-state index in [9.17, 15) is 14.7 Å². The highest BCUT2D eigenvalue weighted by Crippen LogP contribution is 2.36. The largest absolute Gasteiger partial charge is 0.506 e. The summed E-state index contributed by atoms with van der Waals surface area (Å²) in [7, 11) is 0. The van der Waals surface area contributed by atoms with Gasteiger partial charge >= 0.3 is 0 Å². The van der Waals surface area contributed by atoms with Crippen LogP contribution in [0.5, 0.6) is 5.75 Å². The van der Waals surface area contributed by atoms with Gasteiger partial charge in [-0.05, 0) is 39.7 Å². The molecule has 0 aromatic heterocycles. The number of rotatable bonds is 1. The van der Waals surface area contributed by atoms with Gasteiger partial charge in [0.05, 0.1) is 4.47 Å². The van der Waals surface area contributed by atoms with E-state index in [1.165, 1.54) is 6.08 Å². The quantitative estimate of drug-likeness (QED) is 0.568. The van der Waals surface area contributed by atoms with Crippen LogP contribution in [0.25, 0.3) is 11.6 Å². The third kappa shape index (κ3) is 2.36. The maximum atomic E-state index is 12.1. The van der Waals surface area contributed by atoms with Crippen molar-refractivity contribution in [2.45, 2.75) is 0 Å². The van der Waals surface area contributed by atoms with Crippen LogP contribution < -0.4 is 0 Å². The summed E-state index contributed by atoms with van der Waals surface area (Å²) in [5.74, 6) is -1.03. The molecule has 5 heteroatoms. The molecular weight excluding hydrogens is 400 g/mol. The topological polar surface area (TPSA) is 54.4 Å². The molecule has 3 rings (SSSR count). The number of carbonyl (C=O) groups excluding carboxylic acids is 2. The molecule has 0 spiro atoms. The van der Waals surface area contributed by atoms with E-state index in [4.69, 9.17) is 0 Å². The van der Waals surface area contributed by atoms with Crippen LogP contribution in [0.3, 0.4) is 0 Å². The minimum Gasteiger partial charge on any atom is -0.506 e. The van der Waals surface area contributed by atoms with Gasteiger partial charge in [0.25, 0.3) is 0 Å². The number of aromatic hydroxyl groups is 1. The lowest BCUT2D eigenvalue weighted by molar-refractivity contribution is -0.109. The lowest BCUT2D eigenvalue weighted by Gasteiger charge is -2.05. The molecule has 0 amide bonds. The van der Waals surface area contributed by atoms with Gasteiger partial charge in [0, 0.05) is 21.2 Å². The van der Waals surface area contributed by atoms with Crippen molar-refractivity contribution < 1.29 is 14.7 Å². The smallest absolute Gasteiger partial charge is 0.234 e. The van der Waals surface area contributed by atoms with Crippen molar-refractivity contribution >= 4 is 55.1 Å². The lowest BCUT2D eigenvalue weighted by atomic mass is 10.0. The van der Waals surface area contributed by atoms with Gasteiger partial charge in [-0.1, -0.05) is 40.2 Å². The van der Waals surface area contributed by atoms with Crippen molar-refractivity contribution in [1.82, 2.24) is 0 Å². The second kappa shape index (κ2) is 5.24. The van der Waals surface area contributed by atoms with Crippen molar-refractivity contribution in [1.29, 1.82) is 0 Å². The Morgan fingerprint density at radius 2 is 1.62 bits per heavy atom. The zero-order valence-corrected chi connectivity index (χ0v) is 13.7. The van der Waals surface area contributed by atoms with Gasteiger partial charge in [-0.2, -0.15) is 0 Å². The number of allylic oxidation sites excluding steroid dienone is 1. The Balaban J connectivity index is 2.22. The third-order valence-corrected chi connectivity index (χ3v) is 4.33. The minimum absolute atomic E-state index is 0.0235. The number of phenolic OH excluding ortho intramolecular Hbond substituents is 1. The molecule has 0 atom stereocenters. The number of ketones is 2. The first-order valence-electron chi connectivity index (χ1n) is 6.07. The van der Waals surface area contributed by atoms with Crippen LogP contribution in [0, 0.1) is 0 Å². The van der Waals surface area contributed by atoms with E-state index in [2.05, 4.69) is 31.9 Å². The van der Waals surface area contributed by atoms with E-state index >= 15 is 0 Å². The van der Waals surface area contributed by atoms with Crippen LogP contribution in [-0.4, -0.2) is 16.7 Å². The molecule has 1 N–H and O–H groups in total. The molecule has 3 nitrogen and oxygen atoms in total. The highest BCUT2D eigenvalue weighted by molar-refractivity contribution is 9.11. The molecular formula is C16H8Br2O3. The average molecular weight is 408 g/mol. The molecule has 21 heavy (non-hydrogen) atoms. The van der Waals surface area contributed by atoms with Crippen LogP contribution in [0.15, 0.2) is 45.3 Å². The lowest BCUT2D eigenvalue weighted by Crippen LogP contribution is -2.05. The fraction of sp³-hybridized carbons (Fsp3) is 0. The van der Waals surface area contributed by atoms with Crippen LogP contribution in [-0.2, 0) is 4.79 Å². The number of fused-ring (bicyclic) bond motifs is 1. The van der Waals surface area contributed by atoms with Gasteiger partial charge < -0.3 is 5.11 Å². The number of hydrogen-bond donors (Lipinski definition) is 1. The number of halogens is 2. The third-order valence-electron chi connectivity index (χ3n) is 3.27. The second-order valence-corrected chi connectivity index (χ2v) is 6.36. The molecule has 0 fully saturated rings. The summed E-state index contributed by atoms with van der Waals surface area (Å²) in [6.45, 7) is 0. The van der Waals surface area contributed by atoms with E-state index < -0.39 is 11.6 Å². The van der Waals surface area contributed by atoms with E-state index in [1.54, 1.807) is 36.4 Å². The van der Waals surface area contributed by atoms with E-state index in [0.29, 0.717) is 26.7 Å². The predicted molar refractivity (Wildman–Crippen MR) is 87.2 cm³/mol. The number of carbonyl (C=O) groups is 2. The van der Waals surface area contributed by atoms with Crippen molar-refractivity contribution in [2.24, 2.45) is 0 Å². The molecule has 0 saturated carbocycles. The summed E-state index contributed by atoms with van der Waals surface area (Å²) >= 11 is 6.58. The number of phenols is 1. The highest BCUT2D eigenvalue weighted by Gasteiger charge is 2.33. The van der Waals surface area contributed by atoms with Crippen LogP contribution in [0.1, 0.15) is 21.5 Å². The molecule has 0 radical (unpaired) electrons. The Labute approximate surface area is 137 Å². The summed E-state index contributed by atoms with van der Waals surface area (Å²) in [6, 6.07) is 10.2. The fourth-order valence-electron chi connectivity index (χ4n) is 2.28. The molecule has 1 aliphatic rings. The van der Waals surface area contributed by atoms with Gasteiger partial charge in [0.15, 0.2) is 0 Å². The molecule has 0 unspecified atom stereocenters. The van der Waals surface area contributed by atoms with E-state index in [0.717, 1.165) is 4.47 Å². The summed E-state index contributed by atoms with van der Waals surface area (Å²) in [5, 5.41) is 10.1. The van der Waals surface area contributed by atoms with Crippen LogP contribution in [0.2, 0.25) is 0 Å². The molecule has 0 bridgehead atoms. The normalized spacial score (nSPS) is 15.6. The van der Waals surface area contributed by atoms with Crippen molar-refractivity contribution in [3.63, 3.8) is 0 Å². The highest BCUT2D eigenvalue weighted by atomic mass is 79.9. The molecule has 104 valence electrons. The standard InChI is InChI=1S/C16H8Br2O3/c17-9-5-8(14(19)13(18)7-9)6-12-10-3-1-2-4-11(10)15(20)16(12)21/h1-7,19H/b12-6-. The Kier molecular flexibility index (Phi) is 3.55. The van der Waals surface area contributed by atoms with Gasteiger partial charge in [0.2, 0.25) is 11.6 Å². The van der Waals surface area contributed by atoms with Gasteiger partial charge in [-0.3, -0.25) is 9.59 Å². The molecule has 1 aliphatic carbocycles. The van der Waals surface area contributed by atoms with E-state index in [1.807, 2.05) is 0 Å². The second-order valence-electron chi connectivity index (χ2n) is 4.59. The van der Waals surface area contributed by atoms with Gasteiger partial charge in [-0.25, -0.2) is 0 Å². The maximum absolute atomic E-state index is 12.1. The number of hydrogen-bond acceptors (Lipinski definition) is 3. The number of Topliss-reactive ketones (excluding diaryl/α,β-unsaturated/α-hetero) is 2. The van der Waals surface area contributed by atoms with Gasteiger partial charge in [0.1, 0.15) is 5.75 Å². The first-order valence-corrected chi connectivity index (χ1v) is 7.66. The van der Waals surface area contributed by atoms with Crippen molar-refractivity contribution in [2.75, 3.05) is 0 Å². The van der Waals surface area contributed by atoms with Crippen LogP contribution in [0.4, 0.5) is 0 Å². The average Bonchev–Trinajstić information content (AvgIpc) is 2.70. The Bertz CT molecular complexity index is 822. The molecule has 0 saturated heterocycles. The monoisotopic (exact) mass is 406 g/mol. The van der Waals surface area contributed by atoms with E-state index in [-0.39, 0.29) is 5.75 Å². The SMILES string of the molecule is O=C1C(=O)c2ccccc2/C1=C/c1cc(Br)cc(Br)c1O. The molecule has 0 heterocycles. The summed E-state index contributed by atoms with van der Waals surface area (Å²) in [5.41, 5.74) is 1.77. The Morgan fingerprint density at radius 3 is 2.33 bits per heavy atom. The summed E-state index contributed by atoms with van der Waals surface area (Å²) in [6.07, 6.45) is 1.54. The zero-order valence-electron chi connectivity index (χ0n) is 10.6. The zero-order chi connectivity index (χ0) is 15.1. The van der Waals surface area contributed by atoms with Crippen molar-refractivity contribution in [3.05, 3.63) is 62.0 Å².